The number of para-hydroxylation sites is 1. The highest BCUT2D eigenvalue weighted by Crippen LogP contribution is 2.27. The first-order valence-corrected chi connectivity index (χ1v) is 8.46. The summed E-state index contributed by atoms with van der Waals surface area (Å²) in [4.78, 5) is 11.9. The molecule has 0 unspecified atom stereocenters. The lowest BCUT2D eigenvalue weighted by Gasteiger charge is -2.06. The molecule has 0 radical (unpaired) electrons. The number of amides is 1. The summed E-state index contributed by atoms with van der Waals surface area (Å²) < 4.78 is 5.37. The van der Waals surface area contributed by atoms with Crippen molar-refractivity contribution < 1.29 is 9.53 Å². The lowest BCUT2D eigenvalue weighted by Crippen LogP contribution is -2.20. The van der Waals surface area contributed by atoms with E-state index in [0.717, 1.165) is 5.56 Å². The number of benzene rings is 2. The summed E-state index contributed by atoms with van der Waals surface area (Å²) in [5.74, 6) is 0.113. The Morgan fingerprint density at radius 1 is 1.08 bits per heavy atom. The minimum atomic E-state index is -0.339. The van der Waals surface area contributed by atoms with E-state index < -0.39 is 0 Å². The molecule has 0 fully saturated rings. The topological polar surface area (TPSA) is 64.1 Å². The van der Waals surface area contributed by atoms with Crippen LogP contribution in [0.4, 0.5) is 5.13 Å². The number of hydrogen-bond donors (Lipinski definition) is 1. The SMILES string of the molecule is O=C(COc1ccccc1Cl)Nc1nnc(-c2ccc(Cl)cc2)s1. The van der Waals surface area contributed by atoms with Gasteiger partial charge in [-0.25, -0.2) is 0 Å². The van der Waals surface area contributed by atoms with E-state index in [1.807, 2.05) is 12.1 Å². The Labute approximate surface area is 152 Å². The van der Waals surface area contributed by atoms with Crippen LogP contribution >= 0.6 is 34.5 Å². The fourth-order valence-corrected chi connectivity index (χ4v) is 2.92. The van der Waals surface area contributed by atoms with Crippen molar-refractivity contribution in [3.63, 3.8) is 0 Å². The first kappa shape index (κ1) is 16.7. The van der Waals surface area contributed by atoms with Crippen LogP contribution in [0, 0.1) is 0 Å². The summed E-state index contributed by atoms with van der Waals surface area (Å²) in [5.41, 5.74) is 0.879. The van der Waals surface area contributed by atoms with Gasteiger partial charge in [0.15, 0.2) is 6.61 Å². The van der Waals surface area contributed by atoms with Crippen molar-refractivity contribution >= 4 is 45.6 Å². The van der Waals surface area contributed by atoms with Gasteiger partial charge in [0.1, 0.15) is 10.8 Å². The molecule has 24 heavy (non-hydrogen) atoms. The molecule has 0 aliphatic rings. The van der Waals surface area contributed by atoms with E-state index in [1.54, 1.807) is 36.4 Å². The molecule has 1 amide bonds. The molecule has 8 heteroatoms. The van der Waals surface area contributed by atoms with Crippen LogP contribution in [0.15, 0.2) is 48.5 Å². The molecule has 3 aromatic rings. The summed E-state index contributed by atoms with van der Waals surface area (Å²) in [6.07, 6.45) is 0. The average molecular weight is 380 g/mol. The van der Waals surface area contributed by atoms with Gasteiger partial charge in [-0.1, -0.05) is 58.8 Å². The van der Waals surface area contributed by atoms with E-state index in [2.05, 4.69) is 15.5 Å². The third-order valence-corrected chi connectivity index (χ3v) is 4.41. The van der Waals surface area contributed by atoms with E-state index in [0.29, 0.717) is 25.9 Å². The first-order chi connectivity index (χ1) is 11.6. The maximum Gasteiger partial charge on any atom is 0.264 e. The predicted molar refractivity (Wildman–Crippen MR) is 95.9 cm³/mol. The van der Waals surface area contributed by atoms with Crippen LogP contribution in [-0.2, 0) is 4.79 Å². The second-order valence-corrected chi connectivity index (χ2v) is 6.51. The van der Waals surface area contributed by atoms with Gasteiger partial charge in [0.2, 0.25) is 5.13 Å². The minimum Gasteiger partial charge on any atom is -0.482 e. The third kappa shape index (κ3) is 4.23. The van der Waals surface area contributed by atoms with Crippen LogP contribution < -0.4 is 10.1 Å². The molecular weight excluding hydrogens is 369 g/mol. The maximum absolute atomic E-state index is 11.9. The van der Waals surface area contributed by atoms with E-state index >= 15 is 0 Å². The van der Waals surface area contributed by atoms with Gasteiger partial charge in [-0.15, -0.1) is 10.2 Å². The highest BCUT2D eigenvalue weighted by atomic mass is 35.5. The van der Waals surface area contributed by atoms with Crippen LogP contribution in [0.25, 0.3) is 10.6 Å². The van der Waals surface area contributed by atoms with E-state index in [4.69, 9.17) is 27.9 Å². The summed E-state index contributed by atoms with van der Waals surface area (Å²) in [7, 11) is 0. The average Bonchev–Trinajstić information content (AvgIpc) is 3.03. The molecular formula is C16H11Cl2N3O2S. The lowest BCUT2D eigenvalue weighted by atomic mass is 10.2. The van der Waals surface area contributed by atoms with Crippen molar-refractivity contribution in [2.24, 2.45) is 0 Å². The molecule has 0 saturated heterocycles. The lowest BCUT2D eigenvalue weighted by molar-refractivity contribution is -0.118. The normalized spacial score (nSPS) is 10.4. The zero-order valence-corrected chi connectivity index (χ0v) is 14.5. The number of rotatable bonds is 5. The highest BCUT2D eigenvalue weighted by Gasteiger charge is 2.11. The Balaban J connectivity index is 1.59. The summed E-state index contributed by atoms with van der Waals surface area (Å²) >= 11 is 13.1. The monoisotopic (exact) mass is 379 g/mol. The number of aromatic nitrogens is 2. The molecule has 0 atom stereocenters. The summed E-state index contributed by atoms with van der Waals surface area (Å²) in [6.45, 7) is -0.167. The zero-order chi connectivity index (χ0) is 16.9. The molecule has 0 aliphatic carbocycles. The van der Waals surface area contributed by atoms with E-state index in [9.17, 15) is 4.79 Å². The molecule has 1 heterocycles. The zero-order valence-electron chi connectivity index (χ0n) is 12.2. The Kier molecular flexibility index (Phi) is 5.30. The van der Waals surface area contributed by atoms with Crippen molar-refractivity contribution in [1.29, 1.82) is 0 Å². The smallest absolute Gasteiger partial charge is 0.264 e. The van der Waals surface area contributed by atoms with Crippen molar-refractivity contribution in [1.82, 2.24) is 10.2 Å². The van der Waals surface area contributed by atoms with Crippen LogP contribution in [0.2, 0.25) is 10.0 Å². The quantitative estimate of drug-likeness (QED) is 0.707. The largest absolute Gasteiger partial charge is 0.482 e. The number of ether oxygens (including phenoxy) is 1. The van der Waals surface area contributed by atoms with Gasteiger partial charge >= 0.3 is 0 Å². The number of hydrogen-bond acceptors (Lipinski definition) is 5. The molecule has 1 N–H and O–H groups in total. The molecule has 2 aromatic carbocycles. The molecule has 1 aromatic heterocycles. The summed E-state index contributed by atoms with van der Waals surface area (Å²) in [6, 6.07) is 14.2. The van der Waals surface area contributed by atoms with Gasteiger partial charge in [0.25, 0.3) is 5.91 Å². The van der Waals surface area contributed by atoms with Crippen molar-refractivity contribution in [2.45, 2.75) is 0 Å². The van der Waals surface area contributed by atoms with Crippen LogP contribution in [0.3, 0.4) is 0 Å². The predicted octanol–water partition coefficient (Wildman–Crippen LogP) is 4.53. The Morgan fingerprint density at radius 2 is 1.83 bits per heavy atom. The second-order valence-electron chi connectivity index (χ2n) is 4.69. The highest BCUT2D eigenvalue weighted by molar-refractivity contribution is 7.18. The molecule has 5 nitrogen and oxygen atoms in total. The molecule has 0 bridgehead atoms. The summed E-state index contributed by atoms with van der Waals surface area (Å²) in [5, 5.41) is 12.8. The molecule has 122 valence electrons. The van der Waals surface area contributed by atoms with Crippen molar-refractivity contribution in [3.8, 4) is 16.3 Å². The minimum absolute atomic E-state index is 0.167. The number of halogens is 2. The standard InChI is InChI=1S/C16H11Cl2N3O2S/c17-11-7-5-10(6-8-11)15-20-21-16(24-15)19-14(22)9-23-13-4-2-1-3-12(13)18/h1-8H,9H2,(H,19,21,22). The van der Waals surface area contributed by atoms with Crippen molar-refractivity contribution in [3.05, 3.63) is 58.6 Å². The Hall–Kier alpha value is -2.15. The number of nitrogens with one attached hydrogen (secondary N) is 1. The van der Waals surface area contributed by atoms with E-state index in [1.165, 1.54) is 11.3 Å². The van der Waals surface area contributed by atoms with Crippen LogP contribution in [-0.4, -0.2) is 22.7 Å². The maximum atomic E-state index is 11.9. The second kappa shape index (κ2) is 7.61. The third-order valence-electron chi connectivity index (χ3n) is 2.96. The van der Waals surface area contributed by atoms with Gasteiger partial charge in [-0.2, -0.15) is 0 Å². The van der Waals surface area contributed by atoms with E-state index in [-0.39, 0.29) is 12.5 Å². The van der Waals surface area contributed by atoms with Gasteiger partial charge in [0, 0.05) is 10.6 Å². The van der Waals surface area contributed by atoms with Gasteiger partial charge < -0.3 is 4.74 Å². The molecule has 0 saturated carbocycles. The Morgan fingerprint density at radius 3 is 2.58 bits per heavy atom. The molecule has 0 aliphatic heterocycles. The number of nitrogens with zero attached hydrogens (tertiary/aromatic N) is 2. The first-order valence-electron chi connectivity index (χ1n) is 6.88. The fourth-order valence-electron chi connectivity index (χ4n) is 1.84. The van der Waals surface area contributed by atoms with Crippen LogP contribution in [0.1, 0.15) is 0 Å². The fraction of sp³-hybridized carbons (Fsp3) is 0.0625. The van der Waals surface area contributed by atoms with Gasteiger partial charge in [0.05, 0.1) is 5.02 Å². The van der Waals surface area contributed by atoms with Gasteiger partial charge in [-0.05, 0) is 24.3 Å². The number of carbonyl (C=O) groups excluding carboxylic acids is 1. The van der Waals surface area contributed by atoms with Crippen LogP contribution in [0.5, 0.6) is 5.75 Å². The number of anilines is 1. The number of carbonyl (C=O) groups is 1. The Bertz CT molecular complexity index is 853. The van der Waals surface area contributed by atoms with Gasteiger partial charge in [-0.3, -0.25) is 10.1 Å². The van der Waals surface area contributed by atoms with Crippen molar-refractivity contribution in [2.75, 3.05) is 11.9 Å². The molecule has 0 spiro atoms. The molecule has 3 rings (SSSR count).